The Bertz CT molecular complexity index is 1070. The first kappa shape index (κ1) is 25.7. The Morgan fingerprint density at radius 1 is 1.17 bits per heavy atom. The van der Waals surface area contributed by atoms with Crippen LogP contribution in [0.25, 0.3) is 0 Å². The molecule has 35 heavy (non-hydrogen) atoms. The highest BCUT2D eigenvalue weighted by Crippen LogP contribution is 2.34. The number of amides is 1. The fourth-order valence-corrected chi connectivity index (χ4v) is 5.68. The summed E-state index contributed by atoms with van der Waals surface area (Å²) in [5.41, 5.74) is 3.82. The first-order chi connectivity index (χ1) is 16.7. The number of carbonyl (C=O) groups excluding carboxylic acids is 1. The van der Waals surface area contributed by atoms with Gasteiger partial charge in [0.1, 0.15) is 6.61 Å². The Labute approximate surface area is 216 Å². The van der Waals surface area contributed by atoms with E-state index in [4.69, 9.17) is 4.84 Å². The van der Waals surface area contributed by atoms with Crippen molar-refractivity contribution < 1.29 is 14.8 Å². The molecule has 2 saturated heterocycles. The van der Waals surface area contributed by atoms with E-state index in [1.807, 2.05) is 11.8 Å². The number of hydrogen-bond acceptors (Lipinski definition) is 6. The number of likely N-dealkylation sites (tertiary alicyclic amines) is 2. The molecule has 1 amide bonds. The van der Waals surface area contributed by atoms with Gasteiger partial charge in [0.2, 0.25) is 0 Å². The molecular formula is C26H36BrN5O3. The van der Waals surface area contributed by atoms with Crippen LogP contribution in [0.4, 0.5) is 0 Å². The number of aryl methyl sites for hydroxylation is 1. The predicted octanol–water partition coefficient (Wildman–Crippen LogP) is 4.65. The molecule has 2 aromatic rings. The Morgan fingerprint density at radius 2 is 1.80 bits per heavy atom. The number of rotatable bonds is 6. The highest BCUT2D eigenvalue weighted by atomic mass is 79.9. The number of oxime groups is 1. The second-order valence-electron chi connectivity index (χ2n) is 9.89. The molecule has 9 heteroatoms. The highest BCUT2D eigenvalue weighted by Gasteiger charge is 2.40. The molecule has 1 aromatic carbocycles. The number of nitrogens with zero attached hydrogens (tertiary/aromatic N) is 5. The molecule has 0 spiro atoms. The van der Waals surface area contributed by atoms with Crippen molar-refractivity contribution in [3.05, 3.63) is 51.3 Å². The van der Waals surface area contributed by atoms with E-state index < -0.39 is 0 Å². The third-order valence-electron chi connectivity index (χ3n) is 7.69. The Morgan fingerprint density at radius 3 is 2.34 bits per heavy atom. The maximum Gasteiger partial charge on any atom is 0.257 e. The van der Waals surface area contributed by atoms with E-state index in [-0.39, 0.29) is 11.4 Å². The van der Waals surface area contributed by atoms with Crippen LogP contribution in [-0.4, -0.2) is 74.9 Å². The van der Waals surface area contributed by atoms with Gasteiger partial charge in [-0.3, -0.25) is 9.69 Å². The summed E-state index contributed by atoms with van der Waals surface area (Å²) < 4.78 is 1.06. The van der Waals surface area contributed by atoms with Gasteiger partial charge in [0, 0.05) is 29.0 Å². The van der Waals surface area contributed by atoms with Crippen molar-refractivity contribution in [3.63, 3.8) is 0 Å². The van der Waals surface area contributed by atoms with Crippen molar-refractivity contribution in [2.24, 2.45) is 11.1 Å². The maximum atomic E-state index is 13.1. The van der Waals surface area contributed by atoms with Crippen LogP contribution in [0.3, 0.4) is 0 Å². The molecular weight excluding hydrogens is 510 g/mol. The lowest BCUT2D eigenvalue weighted by molar-refractivity contribution is 0.0160. The first-order valence-electron chi connectivity index (χ1n) is 12.5. The van der Waals surface area contributed by atoms with E-state index in [0.717, 1.165) is 59.4 Å². The number of carbonyl (C=O) groups is 1. The van der Waals surface area contributed by atoms with E-state index in [9.17, 15) is 10.0 Å². The molecule has 1 aromatic heterocycles. The van der Waals surface area contributed by atoms with Gasteiger partial charge in [-0.2, -0.15) is 0 Å². The molecule has 0 aliphatic carbocycles. The van der Waals surface area contributed by atoms with Crippen LogP contribution in [0.2, 0.25) is 0 Å². The summed E-state index contributed by atoms with van der Waals surface area (Å²) in [7, 11) is 0. The molecule has 190 valence electrons. The van der Waals surface area contributed by atoms with E-state index in [2.05, 4.69) is 62.3 Å². The molecule has 0 saturated carbocycles. The van der Waals surface area contributed by atoms with Crippen molar-refractivity contribution in [1.82, 2.24) is 19.7 Å². The van der Waals surface area contributed by atoms with Gasteiger partial charge in [0.25, 0.3) is 5.91 Å². The number of halogens is 1. The van der Waals surface area contributed by atoms with Gasteiger partial charge in [-0.1, -0.05) is 33.2 Å². The summed E-state index contributed by atoms with van der Waals surface area (Å²) in [6.07, 6.45) is 3.94. The van der Waals surface area contributed by atoms with Gasteiger partial charge in [-0.15, -0.1) is 9.94 Å². The molecule has 0 bridgehead atoms. The third kappa shape index (κ3) is 5.40. The first-order valence-corrected chi connectivity index (χ1v) is 13.3. The fraction of sp³-hybridized carbons (Fsp3) is 0.577. The minimum absolute atomic E-state index is 0.0349. The Hall–Kier alpha value is -2.39. The average molecular weight is 547 g/mol. The summed E-state index contributed by atoms with van der Waals surface area (Å²) in [6, 6.07) is 8.31. The quantitative estimate of drug-likeness (QED) is 0.324. The van der Waals surface area contributed by atoms with Gasteiger partial charge in [-0.25, -0.2) is 0 Å². The number of piperidine rings is 2. The molecule has 0 unspecified atom stereocenters. The summed E-state index contributed by atoms with van der Waals surface area (Å²) in [5.74, 6) is 0.331. The zero-order chi connectivity index (χ0) is 25.2. The lowest BCUT2D eigenvalue weighted by Crippen LogP contribution is -2.56. The average Bonchev–Trinajstić information content (AvgIpc) is 3.11. The standard InChI is InChI=1S/C26H36BrN5O3/c1-5-35-29-24(20-6-8-22(27)9-7-20)21-10-14-31(15-11-21)26(4)12-16-30(17-13-26)25(33)23-18(2)28-32(34)19(23)3/h6-9,21,34H,5,10-17H2,1-4H3/b29-24-. The van der Waals surface area contributed by atoms with Crippen LogP contribution in [0, 0.1) is 19.8 Å². The zero-order valence-electron chi connectivity index (χ0n) is 21.1. The molecule has 4 rings (SSSR count). The third-order valence-corrected chi connectivity index (χ3v) is 8.22. The van der Waals surface area contributed by atoms with Gasteiger partial charge >= 0.3 is 0 Å². The van der Waals surface area contributed by atoms with E-state index in [0.29, 0.717) is 42.6 Å². The van der Waals surface area contributed by atoms with Crippen LogP contribution >= 0.6 is 15.9 Å². The fourth-order valence-electron chi connectivity index (χ4n) is 5.41. The summed E-state index contributed by atoms with van der Waals surface area (Å²) in [4.78, 5) is 23.9. The predicted molar refractivity (Wildman–Crippen MR) is 139 cm³/mol. The normalized spacial score (nSPS) is 19.7. The molecule has 3 heterocycles. The van der Waals surface area contributed by atoms with Crippen molar-refractivity contribution in [2.75, 3.05) is 32.8 Å². The molecule has 2 aliphatic rings. The smallest absolute Gasteiger partial charge is 0.257 e. The van der Waals surface area contributed by atoms with Gasteiger partial charge in [0.05, 0.1) is 22.7 Å². The summed E-state index contributed by atoms with van der Waals surface area (Å²) in [6.45, 7) is 11.8. The topological polar surface area (TPSA) is 83.2 Å². The maximum absolute atomic E-state index is 13.1. The summed E-state index contributed by atoms with van der Waals surface area (Å²) in [5, 5.41) is 18.3. The van der Waals surface area contributed by atoms with E-state index in [1.165, 1.54) is 0 Å². The molecule has 2 aliphatic heterocycles. The minimum atomic E-state index is -0.0349. The molecule has 0 atom stereocenters. The Balaban J connectivity index is 1.37. The lowest BCUT2D eigenvalue weighted by Gasteiger charge is -2.49. The van der Waals surface area contributed by atoms with E-state index in [1.54, 1.807) is 13.8 Å². The highest BCUT2D eigenvalue weighted by molar-refractivity contribution is 9.10. The number of hydrogen-bond donors (Lipinski definition) is 1. The van der Waals surface area contributed by atoms with Gasteiger partial charge < -0.3 is 14.9 Å². The minimum Gasteiger partial charge on any atom is -0.411 e. The number of aromatic nitrogens is 2. The largest absolute Gasteiger partial charge is 0.411 e. The van der Waals surface area contributed by atoms with Crippen molar-refractivity contribution in [1.29, 1.82) is 0 Å². The van der Waals surface area contributed by atoms with Crippen LogP contribution in [0.1, 0.15) is 66.8 Å². The van der Waals surface area contributed by atoms with Crippen molar-refractivity contribution in [3.8, 4) is 0 Å². The Kier molecular flexibility index (Phi) is 7.86. The zero-order valence-corrected chi connectivity index (χ0v) is 22.7. The van der Waals surface area contributed by atoms with Crippen LogP contribution in [-0.2, 0) is 4.84 Å². The second-order valence-corrected chi connectivity index (χ2v) is 10.8. The molecule has 0 radical (unpaired) electrons. The van der Waals surface area contributed by atoms with Crippen LogP contribution < -0.4 is 0 Å². The second kappa shape index (κ2) is 10.7. The van der Waals surface area contributed by atoms with E-state index >= 15 is 0 Å². The monoisotopic (exact) mass is 545 g/mol. The number of benzene rings is 1. The van der Waals surface area contributed by atoms with Gasteiger partial charge in [0.15, 0.2) is 0 Å². The van der Waals surface area contributed by atoms with Crippen LogP contribution in [0.5, 0.6) is 0 Å². The molecule has 8 nitrogen and oxygen atoms in total. The van der Waals surface area contributed by atoms with Crippen molar-refractivity contribution in [2.45, 2.75) is 58.9 Å². The summed E-state index contributed by atoms with van der Waals surface area (Å²) >= 11 is 3.52. The molecule has 1 N–H and O–H groups in total. The molecule has 2 fully saturated rings. The SMILES string of the molecule is CCO/N=C(/c1ccc(Br)cc1)C1CCN(C2(C)CCN(C(=O)c3c(C)nn(O)c3C)CC2)CC1. The lowest BCUT2D eigenvalue weighted by atomic mass is 9.82. The van der Waals surface area contributed by atoms with Gasteiger partial charge in [-0.05, 0) is 84.2 Å². The van der Waals surface area contributed by atoms with Crippen LogP contribution in [0.15, 0.2) is 33.9 Å². The van der Waals surface area contributed by atoms with Crippen molar-refractivity contribution >= 4 is 27.5 Å².